The lowest BCUT2D eigenvalue weighted by atomic mass is 10.0. The van der Waals surface area contributed by atoms with Gasteiger partial charge in [0, 0.05) is 12.7 Å². The molecule has 0 spiro atoms. The fourth-order valence-electron chi connectivity index (χ4n) is 2.24. The predicted molar refractivity (Wildman–Crippen MR) is 78.6 cm³/mol. The van der Waals surface area contributed by atoms with E-state index in [1.807, 2.05) is 24.4 Å². The average Bonchev–Trinajstić information content (AvgIpc) is 2.46. The van der Waals surface area contributed by atoms with Crippen molar-refractivity contribution in [3.05, 3.63) is 41.6 Å². The largest absolute Gasteiger partial charge is 0.338 e. The van der Waals surface area contributed by atoms with E-state index in [9.17, 15) is 4.79 Å². The molecule has 0 saturated carbocycles. The zero-order valence-electron chi connectivity index (χ0n) is 11.6. The molecule has 0 unspecified atom stereocenters. The number of nitrogens with one attached hydrogen (secondary N) is 1. The van der Waals surface area contributed by atoms with E-state index < -0.39 is 0 Å². The molecule has 0 radical (unpaired) electrons. The third-order valence-corrected chi connectivity index (χ3v) is 3.40. The van der Waals surface area contributed by atoms with E-state index in [-0.39, 0.29) is 6.03 Å². The Morgan fingerprint density at radius 1 is 1.26 bits per heavy atom. The number of hydrogen-bond donors (Lipinski definition) is 1. The van der Waals surface area contributed by atoms with Crippen molar-refractivity contribution in [1.29, 1.82) is 0 Å². The number of carbonyl (C=O) groups is 1. The van der Waals surface area contributed by atoms with E-state index in [0.717, 1.165) is 13.0 Å². The third-order valence-electron chi connectivity index (χ3n) is 3.40. The van der Waals surface area contributed by atoms with Crippen LogP contribution in [0.1, 0.15) is 43.7 Å². The summed E-state index contributed by atoms with van der Waals surface area (Å²) < 4.78 is 0. The van der Waals surface area contributed by atoms with Crippen LogP contribution >= 0.6 is 0 Å². The van der Waals surface area contributed by atoms with Gasteiger partial charge in [-0.2, -0.15) is 0 Å². The van der Waals surface area contributed by atoms with Gasteiger partial charge in [0.2, 0.25) is 0 Å². The Balaban J connectivity index is 1.79. The Morgan fingerprint density at radius 3 is 2.95 bits per heavy atom. The smallest absolute Gasteiger partial charge is 0.321 e. The van der Waals surface area contributed by atoms with Gasteiger partial charge in [-0.3, -0.25) is 4.90 Å². The number of fused-ring (bicyclic) bond motifs is 1. The van der Waals surface area contributed by atoms with E-state index in [1.54, 1.807) is 4.90 Å². The second-order valence-electron chi connectivity index (χ2n) is 4.94. The first kappa shape index (κ1) is 13.7. The molecule has 0 atom stereocenters. The minimum atomic E-state index is 0.00208. The molecule has 0 aromatic heterocycles. The molecule has 3 nitrogen and oxygen atoms in total. The van der Waals surface area contributed by atoms with Crippen molar-refractivity contribution >= 4 is 12.1 Å². The van der Waals surface area contributed by atoms with Crippen LogP contribution < -0.4 is 5.32 Å². The maximum atomic E-state index is 12.0. The van der Waals surface area contributed by atoms with Gasteiger partial charge in [-0.15, -0.1) is 0 Å². The minimum absolute atomic E-state index is 0.00208. The van der Waals surface area contributed by atoms with Crippen LogP contribution in [0.4, 0.5) is 4.79 Å². The maximum Gasteiger partial charge on any atom is 0.321 e. The fourth-order valence-corrected chi connectivity index (χ4v) is 2.24. The molecule has 1 aliphatic rings. The summed E-state index contributed by atoms with van der Waals surface area (Å²) in [7, 11) is 0. The molecular weight excluding hydrogens is 236 g/mol. The van der Waals surface area contributed by atoms with Gasteiger partial charge in [-0.25, -0.2) is 4.79 Å². The number of hydrogen-bond acceptors (Lipinski definition) is 1. The molecule has 2 amide bonds. The lowest BCUT2D eigenvalue weighted by Crippen LogP contribution is -2.37. The van der Waals surface area contributed by atoms with Gasteiger partial charge in [0.15, 0.2) is 0 Å². The first-order valence-corrected chi connectivity index (χ1v) is 7.12. The molecule has 1 aliphatic heterocycles. The fraction of sp³-hybridized carbons (Fsp3) is 0.438. The number of rotatable bonds is 5. The molecule has 2 rings (SSSR count). The van der Waals surface area contributed by atoms with E-state index >= 15 is 0 Å². The monoisotopic (exact) mass is 258 g/mol. The highest BCUT2D eigenvalue weighted by molar-refractivity contribution is 5.77. The Kier molecular flexibility index (Phi) is 5.01. The third kappa shape index (κ3) is 3.85. The van der Waals surface area contributed by atoms with E-state index in [0.29, 0.717) is 6.54 Å². The highest BCUT2D eigenvalue weighted by Gasteiger charge is 2.15. The maximum absolute atomic E-state index is 12.0. The number of urea groups is 1. The van der Waals surface area contributed by atoms with Crippen LogP contribution in [0.2, 0.25) is 0 Å². The van der Waals surface area contributed by atoms with Crippen LogP contribution in [0.25, 0.3) is 6.08 Å². The van der Waals surface area contributed by atoms with Crippen LogP contribution in [0.3, 0.4) is 0 Å². The van der Waals surface area contributed by atoms with Gasteiger partial charge >= 0.3 is 6.03 Å². The van der Waals surface area contributed by atoms with Gasteiger partial charge in [0.1, 0.15) is 0 Å². The number of amides is 2. The summed E-state index contributed by atoms with van der Waals surface area (Å²) in [4.78, 5) is 13.7. The van der Waals surface area contributed by atoms with Crippen LogP contribution in [0.5, 0.6) is 0 Å². The summed E-state index contributed by atoms with van der Waals surface area (Å²) in [6, 6.07) is 8.18. The highest BCUT2D eigenvalue weighted by Crippen LogP contribution is 2.18. The lowest BCUT2D eigenvalue weighted by Gasteiger charge is -2.23. The van der Waals surface area contributed by atoms with Gasteiger partial charge in [0.25, 0.3) is 0 Å². The van der Waals surface area contributed by atoms with Crippen molar-refractivity contribution in [1.82, 2.24) is 10.2 Å². The van der Waals surface area contributed by atoms with E-state index in [2.05, 4.69) is 24.4 Å². The summed E-state index contributed by atoms with van der Waals surface area (Å²) in [5.74, 6) is 0. The summed E-state index contributed by atoms with van der Waals surface area (Å²) in [6.45, 7) is 3.62. The molecule has 0 saturated heterocycles. The Bertz CT molecular complexity index is 454. The van der Waals surface area contributed by atoms with Crippen LogP contribution in [0.15, 0.2) is 30.5 Å². The molecule has 0 aliphatic carbocycles. The zero-order chi connectivity index (χ0) is 13.5. The molecule has 1 heterocycles. The second kappa shape index (κ2) is 6.98. The standard InChI is InChI=1S/C16H22N2O/c1-2-3-4-7-11-17-16(19)18-12-10-14-8-5-6-9-15(14)13-18/h5-6,8-10,12H,2-4,7,11,13H2,1H3,(H,17,19). The van der Waals surface area contributed by atoms with Crippen molar-refractivity contribution in [2.45, 2.75) is 39.2 Å². The van der Waals surface area contributed by atoms with Crippen molar-refractivity contribution < 1.29 is 4.79 Å². The van der Waals surface area contributed by atoms with E-state index in [4.69, 9.17) is 0 Å². The summed E-state index contributed by atoms with van der Waals surface area (Å²) >= 11 is 0. The van der Waals surface area contributed by atoms with Crippen molar-refractivity contribution in [2.75, 3.05) is 6.54 Å². The lowest BCUT2D eigenvalue weighted by molar-refractivity contribution is 0.213. The topological polar surface area (TPSA) is 32.3 Å². The predicted octanol–water partition coefficient (Wildman–Crippen LogP) is 3.76. The van der Waals surface area contributed by atoms with Gasteiger partial charge in [-0.1, -0.05) is 50.5 Å². The Morgan fingerprint density at radius 2 is 2.11 bits per heavy atom. The summed E-state index contributed by atoms with van der Waals surface area (Å²) in [5, 5.41) is 2.98. The Hall–Kier alpha value is -1.77. The quantitative estimate of drug-likeness (QED) is 0.801. The molecule has 0 fully saturated rings. The molecule has 0 bridgehead atoms. The molecule has 19 heavy (non-hydrogen) atoms. The summed E-state index contributed by atoms with van der Waals surface area (Å²) in [5.41, 5.74) is 2.40. The Labute approximate surface area is 115 Å². The van der Waals surface area contributed by atoms with Crippen molar-refractivity contribution in [2.24, 2.45) is 0 Å². The molecule has 102 valence electrons. The van der Waals surface area contributed by atoms with Gasteiger partial charge < -0.3 is 5.32 Å². The number of unbranched alkanes of at least 4 members (excludes halogenated alkanes) is 3. The molecule has 3 heteroatoms. The van der Waals surface area contributed by atoms with Gasteiger partial charge in [-0.05, 0) is 23.6 Å². The average molecular weight is 258 g/mol. The van der Waals surface area contributed by atoms with E-state index in [1.165, 1.54) is 30.4 Å². The van der Waals surface area contributed by atoms with Gasteiger partial charge in [0.05, 0.1) is 6.54 Å². The molecule has 1 aromatic carbocycles. The first-order chi connectivity index (χ1) is 9.31. The van der Waals surface area contributed by atoms with Crippen molar-refractivity contribution in [3.8, 4) is 0 Å². The SMILES string of the molecule is CCCCCCNC(=O)N1C=Cc2ccccc2C1. The highest BCUT2D eigenvalue weighted by atomic mass is 16.2. The number of carbonyl (C=O) groups excluding carboxylic acids is 1. The molecule has 1 N–H and O–H groups in total. The molecule has 1 aromatic rings. The summed E-state index contributed by atoms with van der Waals surface area (Å²) in [6.07, 6.45) is 8.58. The number of benzene rings is 1. The first-order valence-electron chi connectivity index (χ1n) is 7.12. The second-order valence-corrected chi connectivity index (χ2v) is 4.94. The molecular formula is C16H22N2O. The van der Waals surface area contributed by atoms with Crippen LogP contribution in [-0.2, 0) is 6.54 Å². The normalized spacial score (nSPS) is 13.2. The minimum Gasteiger partial charge on any atom is -0.338 e. The number of nitrogens with zero attached hydrogens (tertiary/aromatic N) is 1. The van der Waals surface area contributed by atoms with Crippen LogP contribution in [0, 0.1) is 0 Å². The van der Waals surface area contributed by atoms with Crippen molar-refractivity contribution in [3.63, 3.8) is 0 Å². The van der Waals surface area contributed by atoms with Crippen LogP contribution in [-0.4, -0.2) is 17.5 Å². The zero-order valence-corrected chi connectivity index (χ0v) is 11.6.